The van der Waals surface area contributed by atoms with E-state index in [9.17, 15) is 5.11 Å². The van der Waals surface area contributed by atoms with Crippen LogP contribution in [-0.2, 0) is 6.42 Å². The molecule has 2 bridgehead atoms. The second kappa shape index (κ2) is 3.49. The summed E-state index contributed by atoms with van der Waals surface area (Å²) in [7, 11) is 0. The molecule has 1 aromatic rings. The van der Waals surface area contributed by atoms with Crippen molar-refractivity contribution in [1.82, 2.24) is 0 Å². The monoisotopic (exact) mass is 200 g/mol. The van der Waals surface area contributed by atoms with E-state index in [1.165, 1.54) is 5.56 Å². The Bertz CT molecular complexity index is 394. The van der Waals surface area contributed by atoms with Crippen molar-refractivity contribution in [2.24, 2.45) is 11.8 Å². The summed E-state index contributed by atoms with van der Waals surface area (Å²) in [6, 6.07) is 8.35. The maximum Gasteiger partial charge on any atom is 0.0824 e. The molecule has 0 unspecified atom stereocenters. The van der Waals surface area contributed by atoms with Gasteiger partial charge < -0.3 is 5.11 Å². The molecule has 15 heavy (non-hydrogen) atoms. The second-order valence-corrected chi connectivity index (χ2v) is 4.77. The minimum absolute atomic E-state index is 0.254. The van der Waals surface area contributed by atoms with Gasteiger partial charge in [-0.2, -0.15) is 0 Å². The van der Waals surface area contributed by atoms with Crippen molar-refractivity contribution in [3.8, 4) is 0 Å². The zero-order valence-corrected chi connectivity index (χ0v) is 8.76. The van der Waals surface area contributed by atoms with Crippen LogP contribution in [-0.4, -0.2) is 5.11 Å². The summed E-state index contributed by atoms with van der Waals surface area (Å²) in [5.41, 5.74) is 2.50. The maximum absolute atomic E-state index is 10.3. The minimum Gasteiger partial charge on any atom is -0.388 e. The molecule has 1 N–H and O–H groups in total. The van der Waals surface area contributed by atoms with Crippen LogP contribution in [0.5, 0.6) is 0 Å². The molecule has 3 rings (SSSR count). The van der Waals surface area contributed by atoms with Crippen molar-refractivity contribution in [2.45, 2.75) is 25.4 Å². The first-order chi connectivity index (χ1) is 7.34. The molecule has 0 saturated heterocycles. The fourth-order valence-corrected chi connectivity index (χ4v) is 2.96. The smallest absolute Gasteiger partial charge is 0.0824 e. The molecule has 0 heterocycles. The van der Waals surface area contributed by atoms with Gasteiger partial charge in [-0.05, 0) is 42.2 Å². The van der Waals surface area contributed by atoms with E-state index in [-0.39, 0.29) is 6.10 Å². The molecule has 2 aliphatic carbocycles. The van der Waals surface area contributed by atoms with Gasteiger partial charge in [-0.15, -0.1) is 0 Å². The maximum atomic E-state index is 10.3. The van der Waals surface area contributed by atoms with E-state index in [1.54, 1.807) is 0 Å². The van der Waals surface area contributed by atoms with Gasteiger partial charge in [0, 0.05) is 0 Å². The SMILES string of the molecule is O[C@H]1c2ccccc2C[C@H]2C=CC[C@@H]1C2. The largest absolute Gasteiger partial charge is 0.388 e. The van der Waals surface area contributed by atoms with Crippen LogP contribution < -0.4 is 0 Å². The number of allylic oxidation sites excluding steroid dienone is 2. The molecule has 78 valence electrons. The zero-order valence-electron chi connectivity index (χ0n) is 8.76. The molecule has 1 heteroatoms. The Balaban J connectivity index is 2.08. The third kappa shape index (κ3) is 1.51. The molecule has 0 aliphatic heterocycles. The number of aliphatic hydroxyl groups is 1. The number of hydrogen-bond acceptors (Lipinski definition) is 1. The number of benzene rings is 1. The summed E-state index contributed by atoms with van der Waals surface area (Å²) < 4.78 is 0. The Labute approximate surface area is 90.4 Å². The van der Waals surface area contributed by atoms with Crippen LogP contribution in [0.15, 0.2) is 36.4 Å². The summed E-state index contributed by atoms with van der Waals surface area (Å²) in [5, 5.41) is 10.3. The third-order valence-corrected chi connectivity index (χ3v) is 3.75. The number of rotatable bonds is 0. The van der Waals surface area contributed by atoms with Crippen LogP contribution in [0.4, 0.5) is 0 Å². The van der Waals surface area contributed by atoms with Crippen molar-refractivity contribution in [2.75, 3.05) is 0 Å². The van der Waals surface area contributed by atoms with Gasteiger partial charge in [0.2, 0.25) is 0 Å². The molecule has 0 aromatic heterocycles. The van der Waals surface area contributed by atoms with Crippen LogP contribution in [0.1, 0.15) is 30.1 Å². The Morgan fingerprint density at radius 2 is 2.07 bits per heavy atom. The van der Waals surface area contributed by atoms with Crippen LogP contribution in [0, 0.1) is 11.8 Å². The predicted octanol–water partition coefficient (Wildman–Crippen LogP) is 2.86. The molecular weight excluding hydrogens is 184 g/mol. The highest BCUT2D eigenvalue weighted by atomic mass is 16.3. The lowest BCUT2D eigenvalue weighted by molar-refractivity contribution is 0.0992. The molecule has 0 radical (unpaired) electrons. The normalized spacial score (nSPS) is 33.3. The summed E-state index contributed by atoms with van der Waals surface area (Å²) in [6.45, 7) is 0. The van der Waals surface area contributed by atoms with E-state index in [2.05, 4.69) is 30.4 Å². The van der Waals surface area contributed by atoms with E-state index in [0.717, 1.165) is 24.8 Å². The van der Waals surface area contributed by atoms with Crippen molar-refractivity contribution in [1.29, 1.82) is 0 Å². The summed E-state index contributed by atoms with van der Waals surface area (Å²) in [5.74, 6) is 1.07. The van der Waals surface area contributed by atoms with Gasteiger partial charge in [-0.1, -0.05) is 36.4 Å². The quantitative estimate of drug-likeness (QED) is 0.638. The first-order valence-electron chi connectivity index (χ1n) is 5.77. The molecular formula is C14H16O. The van der Waals surface area contributed by atoms with Crippen molar-refractivity contribution < 1.29 is 5.11 Å². The Morgan fingerprint density at radius 3 is 3.00 bits per heavy atom. The summed E-state index contributed by atoms with van der Waals surface area (Å²) in [6.07, 6.45) is 7.59. The lowest BCUT2D eigenvalue weighted by atomic mass is 9.84. The van der Waals surface area contributed by atoms with E-state index in [1.807, 2.05) is 6.07 Å². The second-order valence-electron chi connectivity index (χ2n) is 4.77. The van der Waals surface area contributed by atoms with Crippen LogP contribution in [0.2, 0.25) is 0 Å². The first-order valence-corrected chi connectivity index (χ1v) is 5.77. The third-order valence-electron chi connectivity index (χ3n) is 3.75. The van der Waals surface area contributed by atoms with Crippen molar-refractivity contribution in [3.05, 3.63) is 47.5 Å². The van der Waals surface area contributed by atoms with Gasteiger partial charge >= 0.3 is 0 Å². The van der Waals surface area contributed by atoms with Gasteiger partial charge in [0.25, 0.3) is 0 Å². The van der Waals surface area contributed by atoms with Crippen molar-refractivity contribution >= 4 is 0 Å². The molecule has 0 saturated carbocycles. The van der Waals surface area contributed by atoms with Gasteiger partial charge in [-0.25, -0.2) is 0 Å². The Morgan fingerprint density at radius 1 is 1.20 bits per heavy atom. The fourth-order valence-electron chi connectivity index (χ4n) is 2.96. The average Bonchev–Trinajstić information content (AvgIpc) is 2.37. The molecule has 2 aliphatic rings. The molecule has 0 spiro atoms. The highest BCUT2D eigenvalue weighted by molar-refractivity contribution is 5.32. The van der Waals surface area contributed by atoms with Crippen LogP contribution in [0.3, 0.4) is 0 Å². The fraction of sp³-hybridized carbons (Fsp3) is 0.429. The zero-order chi connectivity index (χ0) is 10.3. The van der Waals surface area contributed by atoms with Gasteiger partial charge in [-0.3, -0.25) is 0 Å². The summed E-state index contributed by atoms with van der Waals surface area (Å²) in [4.78, 5) is 0. The lowest BCUT2D eigenvalue weighted by Gasteiger charge is -2.24. The standard InChI is InChI=1S/C14H16O/c15-14-12-6-3-4-10(9-12)8-11-5-1-2-7-13(11)14/h1-5,7,10,12,14-15H,6,8-9H2/t10-,12-,14-/m1/s1. The first kappa shape index (κ1) is 9.17. The van der Waals surface area contributed by atoms with E-state index in [0.29, 0.717) is 11.8 Å². The average molecular weight is 200 g/mol. The minimum atomic E-state index is -0.254. The van der Waals surface area contributed by atoms with Gasteiger partial charge in [0.15, 0.2) is 0 Å². The summed E-state index contributed by atoms with van der Waals surface area (Å²) >= 11 is 0. The Hall–Kier alpha value is -1.08. The predicted molar refractivity (Wildman–Crippen MR) is 60.5 cm³/mol. The highest BCUT2D eigenvalue weighted by Crippen LogP contribution is 2.40. The van der Waals surface area contributed by atoms with Crippen LogP contribution in [0.25, 0.3) is 0 Å². The van der Waals surface area contributed by atoms with Gasteiger partial charge in [0.1, 0.15) is 0 Å². The molecule has 3 atom stereocenters. The molecule has 1 nitrogen and oxygen atoms in total. The molecule has 1 aromatic carbocycles. The Kier molecular flexibility index (Phi) is 2.14. The van der Waals surface area contributed by atoms with E-state index in [4.69, 9.17) is 0 Å². The van der Waals surface area contributed by atoms with E-state index >= 15 is 0 Å². The number of fused-ring (bicyclic) bond motifs is 3. The van der Waals surface area contributed by atoms with Crippen LogP contribution >= 0.6 is 0 Å². The molecule has 0 fully saturated rings. The van der Waals surface area contributed by atoms with Crippen molar-refractivity contribution in [3.63, 3.8) is 0 Å². The topological polar surface area (TPSA) is 20.2 Å². The highest BCUT2D eigenvalue weighted by Gasteiger charge is 2.30. The molecule has 0 amide bonds. The van der Waals surface area contributed by atoms with Gasteiger partial charge in [0.05, 0.1) is 6.10 Å². The number of aliphatic hydroxyl groups excluding tert-OH is 1. The number of hydrogen-bond donors (Lipinski definition) is 1. The van der Waals surface area contributed by atoms with E-state index < -0.39 is 0 Å². The lowest BCUT2D eigenvalue weighted by Crippen LogP contribution is -2.15.